The van der Waals surface area contributed by atoms with Crippen LogP contribution in [0.5, 0.6) is 5.75 Å². The Morgan fingerprint density at radius 3 is 2.07 bits per heavy atom. The van der Waals surface area contributed by atoms with Gasteiger partial charge in [-0.1, -0.05) is 50.2 Å². The topological polar surface area (TPSA) is 59.2 Å². The predicted molar refractivity (Wildman–Crippen MR) is 122 cm³/mol. The molecular formula is C25H33N3O2. The van der Waals surface area contributed by atoms with E-state index in [-0.39, 0.29) is 5.41 Å². The number of aromatic nitrogens is 2. The Bertz CT molecular complexity index is 852. The second-order valence-corrected chi connectivity index (χ2v) is 7.26. The highest BCUT2D eigenvalue weighted by atomic mass is 16.5. The number of hydrogen-bond donors (Lipinski definition) is 2. The Hall–Kier alpha value is -2.63. The molecule has 1 aliphatic rings. The van der Waals surface area contributed by atoms with Gasteiger partial charge in [0.2, 0.25) is 0 Å². The van der Waals surface area contributed by atoms with Crippen LogP contribution in [-0.2, 0) is 10.2 Å². The van der Waals surface area contributed by atoms with Crippen molar-refractivity contribution in [1.82, 2.24) is 15.5 Å². The van der Waals surface area contributed by atoms with Crippen molar-refractivity contribution in [2.24, 2.45) is 0 Å². The van der Waals surface area contributed by atoms with Crippen LogP contribution in [0.4, 0.5) is 0 Å². The molecule has 0 unspecified atom stereocenters. The summed E-state index contributed by atoms with van der Waals surface area (Å²) in [4.78, 5) is 0. The molecule has 1 saturated heterocycles. The second-order valence-electron chi connectivity index (χ2n) is 7.26. The van der Waals surface area contributed by atoms with E-state index >= 15 is 0 Å². The average molecular weight is 408 g/mol. The SMILES string of the molecule is CC.COCCOc1ccc(C2(c3ccc(-c4cn[nH]c4)cc3)CCNCC2)cc1. The first kappa shape index (κ1) is 22.1. The average Bonchev–Trinajstić information content (AvgIpc) is 3.37. The summed E-state index contributed by atoms with van der Waals surface area (Å²) in [5.41, 5.74) is 5.05. The van der Waals surface area contributed by atoms with Gasteiger partial charge in [-0.05, 0) is 54.8 Å². The first-order valence-electron chi connectivity index (χ1n) is 10.8. The molecular weight excluding hydrogens is 374 g/mol. The third kappa shape index (κ3) is 4.91. The smallest absolute Gasteiger partial charge is 0.119 e. The zero-order valence-corrected chi connectivity index (χ0v) is 18.3. The molecule has 0 saturated carbocycles. The number of methoxy groups -OCH3 is 1. The largest absolute Gasteiger partial charge is 0.491 e. The predicted octanol–water partition coefficient (Wildman–Crippen LogP) is 4.80. The van der Waals surface area contributed by atoms with E-state index in [0.717, 1.165) is 37.2 Å². The van der Waals surface area contributed by atoms with Gasteiger partial charge in [-0.15, -0.1) is 0 Å². The molecule has 30 heavy (non-hydrogen) atoms. The molecule has 160 valence electrons. The van der Waals surface area contributed by atoms with E-state index in [9.17, 15) is 0 Å². The fraction of sp³-hybridized carbons (Fsp3) is 0.400. The molecule has 0 aliphatic carbocycles. The maximum absolute atomic E-state index is 5.74. The molecule has 1 aliphatic heterocycles. The minimum atomic E-state index is 0.0330. The van der Waals surface area contributed by atoms with E-state index in [1.54, 1.807) is 7.11 Å². The summed E-state index contributed by atoms with van der Waals surface area (Å²) >= 11 is 0. The minimum Gasteiger partial charge on any atom is -0.491 e. The Kier molecular flexibility index (Phi) is 8.05. The van der Waals surface area contributed by atoms with Gasteiger partial charge in [0.15, 0.2) is 0 Å². The molecule has 2 N–H and O–H groups in total. The maximum Gasteiger partial charge on any atom is 0.119 e. The summed E-state index contributed by atoms with van der Waals surface area (Å²) in [7, 11) is 1.69. The van der Waals surface area contributed by atoms with Gasteiger partial charge in [0.1, 0.15) is 12.4 Å². The number of hydrogen-bond acceptors (Lipinski definition) is 4. The lowest BCUT2D eigenvalue weighted by atomic mass is 9.68. The molecule has 2 heterocycles. The Morgan fingerprint density at radius 2 is 1.50 bits per heavy atom. The normalized spacial score (nSPS) is 15.2. The molecule has 0 radical (unpaired) electrons. The number of H-pyrrole nitrogens is 1. The number of benzene rings is 2. The van der Waals surface area contributed by atoms with Crippen LogP contribution in [0.15, 0.2) is 60.9 Å². The molecule has 4 rings (SSSR count). The highest BCUT2D eigenvalue weighted by molar-refractivity contribution is 5.62. The van der Waals surface area contributed by atoms with Crippen LogP contribution in [0.3, 0.4) is 0 Å². The van der Waals surface area contributed by atoms with Crippen molar-refractivity contribution in [3.63, 3.8) is 0 Å². The first-order valence-corrected chi connectivity index (χ1v) is 10.8. The van der Waals surface area contributed by atoms with Crippen molar-refractivity contribution in [2.75, 3.05) is 33.4 Å². The van der Waals surface area contributed by atoms with Gasteiger partial charge in [0.25, 0.3) is 0 Å². The lowest BCUT2D eigenvalue weighted by Crippen LogP contribution is -2.40. The minimum absolute atomic E-state index is 0.0330. The zero-order valence-electron chi connectivity index (χ0n) is 18.3. The van der Waals surface area contributed by atoms with Crippen LogP contribution >= 0.6 is 0 Å². The van der Waals surface area contributed by atoms with Crippen LogP contribution in [0.1, 0.15) is 37.8 Å². The molecule has 5 nitrogen and oxygen atoms in total. The van der Waals surface area contributed by atoms with Gasteiger partial charge in [0, 0.05) is 24.3 Å². The Labute approximate surface area is 179 Å². The quantitative estimate of drug-likeness (QED) is 0.553. The van der Waals surface area contributed by atoms with Gasteiger partial charge >= 0.3 is 0 Å². The summed E-state index contributed by atoms with van der Waals surface area (Å²) < 4.78 is 10.8. The van der Waals surface area contributed by atoms with E-state index in [4.69, 9.17) is 9.47 Å². The lowest BCUT2D eigenvalue weighted by molar-refractivity contribution is 0.146. The summed E-state index contributed by atoms with van der Waals surface area (Å²) in [6, 6.07) is 17.5. The Morgan fingerprint density at radius 1 is 0.867 bits per heavy atom. The maximum atomic E-state index is 5.74. The first-order chi connectivity index (χ1) is 14.8. The number of ether oxygens (including phenoxy) is 2. The van der Waals surface area contributed by atoms with E-state index in [2.05, 4.69) is 64.0 Å². The van der Waals surface area contributed by atoms with Crippen LogP contribution in [0, 0.1) is 0 Å². The highest BCUT2D eigenvalue weighted by Crippen LogP contribution is 2.41. The number of aromatic amines is 1. The fourth-order valence-corrected chi connectivity index (χ4v) is 4.10. The summed E-state index contributed by atoms with van der Waals surface area (Å²) in [6.45, 7) is 7.21. The molecule has 5 heteroatoms. The summed E-state index contributed by atoms with van der Waals surface area (Å²) in [5.74, 6) is 0.889. The molecule has 0 bridgehead atoms. The monoisotopic (exact) mass is 407 g/mol. The third-order valence-corrected chi connectivity index (χ3v) is 5.69. The second kappa shape index (κ2) is 11.0. The summed E-state index contributed by atoms with van der Waals surface area (Å²) in [5, 5.41) is 10.4. The zero-order chi connectivity index (χ0) is 21.2. The van der Waals surface area contributed by atoms with Gasteiger partial charge < -0.3 is 14.8 Å². The van der Waals surface area contributed by atoms with Gasteiger partial charge in [0.05, 0.1) is 12.8 Å². The fourth-order valence-electron chi connectivity index (χ4n) is 4.10. The number of piperidine rings is 1. The summed E-state index contributed by atoms with van der Waals surface area (Å²) in [6.07, 6.45) is 5.96. The third-order valence-electron chi connectivity index (χ3n) is 5.69. The molecule has 3 aromatic rings. The van der Waals surface area contributed by atoms with Crippen molar-refractivity contribution >= 4 is 0 Å². The molecule has 2 aromatic carbocycles. The van der Waals surface area contributed by atoms with Crippen LogP contribution in [0.25, 0.3) is 11.1 Å². The van der Waals surface area contributed by atoms with E-state index < -0.39 is 0 Å². The van der Waals surface area contributed by atoms with E-state index in [1.165, 1.54) is 16.7 Å². The van der Waals surface area contributed by atoms with Crippen molar-refractivity contribution in [3.05, 3.63) is 72.1 Å². The van der Waals surface area contributed by atoms with Crippen LogP contribution < -0.4 is 10.1 Å². The molecule has 0 atom stereocenters. The molecule has 1 fully saturated rings. The van der Waals surface area contributed by atoms with Gasteiger partial charge in [-0.25, -0.2) is 0 Å². The van der Waals surface area contributed by atoms with Crippen molar-refractivity contribution in [2.45, 2.75) is 32.1 Å². The van der Waals surface area contributed by atoms with E-state index in [1.807, 2.05) is 26.2 Å². The van der Waals surface area contributed by atoms with Crippen LogP contribution in [0.2, 0.25) is 0 Å². The van der Waals surface area contributed by atoms with Crippen LogP contribution in [-0.4, -0.2) is 43.6 Å². The highest BCUT2D eigenvalue weighted by Gasteiger charge is 2.35. The number of nitrogens with zero attached hydrogens (tertiary/aromatic N) is 1. The van der Waals surface area contributed by atoms with Gasteiger partial charge in [-0.3, -0.25) is 5.10 Å². The number of nitrogens with one attached hydrogen (secondary N) is 2. The Balaban J connectivity index is 0.00000124. The van der Waals surface area contributed by atoms with Crippen molar-refractivity contribution < 1.29 is 9.47 Å². The van der Waals surface area contributed by atoms with Crippen molar-refractivity contribution in [1.29, 1.82) is 0 Å². The molecule has 1 aromatic heterocycles. The van der Waals surface area contributed by atoms with Gasteiger partial charge in [-0.2, -0.15) is 5.10 Å². The standard InChI is InChI=1S/C23H27N3O2.C2H6/c1-27-14-15-28-22-8-6-21(7-9-22)23(10-12-24-13-11-23)20-4-2-18(3-5-20)19-16-25-26-17-19;1-2/h2-9,16-17,24H,10-15H2,1H3,(H,25,26);1-2H3. The lowest BCUT2D eigenvalue weighted by Gasteiger charge is -2.39. The molecule has 0 spiro atoms. The van der Waals surface area contributed by atoms with Crippen molar-refractivity contribution in [3.8, 4) is 16.9 Å². The number of rotatable bonds is 7. The molecule has 0 amide bonds. The van der Waals surface area contributed by atoms with E-state index in [0.29, 0.717) is 13.2 Å².